The van der Waals surface area contributed by atoms with Crippen LogP contribution in [0.5, 0.6) is 0 Å². The van der Waals surface area contributed by atoms with Gasteiger partial charge in [-0.25, -0.2) is 0 Å². The van der Waals surface area contributed by atoms with Gasteiger partial charge in [-0.15, -0.1) is 11.8 Å². The molecule has 0 spiro atoms. The highest BCUT2D eigenvalue weighted by Gasteiger charge is 2.40. The zero-order valence-electron chi connectivity index (χ0n) is 16.0. The Morgan fingerprint density at radius 1 is 1.06 bits per heavy atom. The number of hydrogen-bond donors (Lipinski definition) is 2. The molecule has 2 N–H and O–H groups in total. The van der Waals surface area contributed by atoms with Crippen LogP contribution in [0.4, 0.5) is 22.7 Å². The third-order valence-corrected chi connectivity index (χ3v) is 8.61. The molecule has 8 nitrogen and oxygen atoms in total. The summed E-state index contributed by atoms with van der Waals surface area (Å²) in [4.78, 5) is 36.2. The van der Waals surface area contributed by atoms with Crippen LogP contribution in [0.2, 0.25) is 0 Å². The Hall–Kier alpha value is -3.13. The molecule has 1 amide bonds. The topological polar surface area (TPSA) is 113 Å². The molecule has 0 aliphatic carbocycles. The van der Waals surface area contributed by atoms with Crippen LogP contribution in [0.1, 0.15) is 10.9 Å². The van der Waals surface area contributed by atoms with Gasteiger partial charge in [0.25, 0.3) is 13.1 Å². The Morgan fingerprint density at radius 2 is 1.77 bits per heavy atom. The molecule has 0 saturated carbocycles. The van der Waals surface area contributed by atoms with Crippen LogP contribution in [0.25, 0.3) is 0 Å². The molecule has 1 fully saturated rings. The first kappa shape index (κ1) is 19.8. The predicted octanol–water partition coefficient (Wildman–Crippen LogP) is 3.65. The summed E-state index contributed by atoms with van der Waals surface area (Å²) in [6.07, 6.45) is 0. The average Bonchev–Trinajstić information content (AvgIpc) is 3.15. The third kappa shape index (κ3) is 3.13. The van der Waals surface area contributed by atoms with Crippen LogP contribution >= 0.6 is 19.1 Å². The van der Waals surface area contributed by atoms with Gasteiger partial charge in [-0.05, 0) is 36.4 Å². The van der Waals surface area contributed by atoms with E-state index in [-0.39, 0.29) is 22.7 Å². The summed E-state index contributed by atoms with van der Waals surface area (Å²) >= 11 is 1.29. The molecule has 0 radical (unpaired) electrons. The lowest BCUT2D eigenvalue weighted by molar-refractivity contribution is -0.385. The Labute approximate surface area is 181 Å². The standard InChI is InChI=1S/C21H16N3O5PS/c25-20-12-31-21(14-5-1-3-7-17(14)24(26)27)23(20)13-9-10-16-19(11-13)30(28,29)18-8-4-2-6-15(18)22-16/h1-11,21-22H,12H2,(H,28,29). The van der Waals surface area contributed by atoms with Crippen molar-refractivity contribution in [2.75, 3.05) is 16.0 Å². The molecule has 2 aliphatic rings. The molecule has 2 atom stereocenters. The maximum Gasteiger partial charge on any atom is 0.275 e. The smallest absolute Gasteiger partial charge is 0.275 e. The van der Waals surface area contributed by atoms with Crippen molar-refractivity contribution in [3.8, 4) is 0 Å². The van der Waals surface area contributed by atoms with E-state index >= 15 is 0 Å². The van der Waals surface area contributed by atoms with Crippen molar-refractivity contribution < 1.29 is 19.2 Å². The van der Waals surface area contributed by atoms with E-state index in [1.165, 1.54) is 28.8 Å². The molecule has 2 heterocycles. The van der Waals surface area contributed by atoms with Gasteiger partial charge >= 0.3 is 0 Å². The highest BCUT2D eigenvalue weighted by atomic mass is 32.2. The maximum absolute atomic E-state index is 13.3. The van der Waals surface area contributed by atoms with Gasteiger partial charge in [0.05, 0.1) is 38.2 Å². The van der Waals surface area contributed by atoms with Gasteiger partial charge in [-0.2, -0.15) is 0 Å². The molecule has 0 bridgehead atoms. The minimum absolute atomic E-state index is 0.0684. The zero-order valence-corrected chi connectivity index (χ0v) is 17.7. The number of amides is 1. The van der Waals surface area contributed by atoms with E-state index in [0.717, 1.165) is 0 Å². The number of fused-ring (bicyclic) bond motifs is 2. The van der Waals surface area contributed by atoms with Crippen LogP contribution < -0.4 is 20.8 Å². The molecule has 10 heteroatoms. The van der Waals surface area contributed by atoms with Gasteiger partial charge in [-0.3, -0.25) is 24.4 Å². The van der Waals surface area contributed by atoms with Gasteiger partial charge in [-0.1, -0.05) is 24.3 Å². The Bertz CT molecular complexity index is 1300. The fraction of sp³-hybridized carbons (Fsp3) is 0.0952. The molecular weight excluding hydrogens is 437 g/mol. The number of para-hydroxylation sites is 2. The van der Waals surface area contributed by atoms with E-state index in [2.05, 4.69) is 5.32 Å². The second kappa shape index (κ2) is 7.23. The molecule has 31 heavy (non-hydrogen) atoms. The molecular formula is C21H16N3O5PS. The summed E-state index contributed by atoms with van der Waals surface area (Å²) < 4.78 is 13.3. The molecule has 1 saturated heterocycles. The quantitative estimate of drug-likeness (QED) is 0.354. The number of benzene rings is 3. The minimum Gasteiger partial charge on any atom is -0.354 e. The number of thioether (sulfide) groups is 1. The van der Waals surface area contributed by atoms with E-state index in [9.17, 15) is 24.4 Å². The number of nitrogens with zero attached hydrogens (tertiary/aromatic N) is 2. The van der Waals surface area contributed by atoms with Crippen molar-refractivity contribution in [2.45, 2.75) is 5.37 Å². The summed E-state index contributed by atoms with van der Waals surface area (Å²) in [5.41, 5.74) is 1.83. The first-order valence-corrected chi connectivity index (χ1v) is 12.1. The molecule has 3 aromatic rings. The largest absolute Gasteiger partial charge is 0.354 e. The SMILES string of the molecule is O=C1CSC(c2ccccc2[N+](=O)[O-])N1c1ccc2c(c1)P(=O)(O)c1ccccc1N2. The van der Waals surface area contributed by atoms with E-state index in [1.54, 1.807) is 54.6 Å². The van der Waals surface area contributed by atoms with Crippen LogP contribution in [-0.4, -0.2) is 21.5 Å². The van der Waals surface area contributed by atoms with Crippen molar-refractivity contribution in [3.05, 3.63) is 82.4 Å². The molecule has 156 valence electrons. The molecule has 3 aromatic carbocycles. The van der Waals surface area contributed by atoms with Gasteiger partial charge in [0.15, 0.2) is 0 Å². The molecule has 5 rings (SSSR count). The monoisotopic (exact) mass is 453 g/mol. The van der Waals surface area contributed by atoms with Gasteiger partial charge < -0.3 is 10.2 Å². The highest BCUT2D eigenvalue weighted by molar-refractivity contribution is 8.00. The lowest BCUT2D eigenvalue weighted by atomic mass is 10.1. The second-order valence-electron chi connectivity index (χ2n) is 7.16. The third-order valence-electron chi connectivity index (χ3n) is 5.35. The fourth-order valence-electron chi connectivity index (χ4n) is 3.94. The number of nitro groups is 1. The van der Waals surface area contributed by atoms with Crippen LogP contribution in [0.3, 0.4) is 0 Å². The van der Waals surface area contributed by atoms with Crippen LogP contribution in [0.15, 0.2) is 66.7 Å². The van der Waals surface area contributed by atoms with E-state index < -0.39 is 17.7 Å². The molecule has 0 aromatic heterocycles. The summed E-state index contributed by atoms with van der Waals surface area (Å²) in [7, 11) is -3.89. The highest BCUT2D eigenvalue weighted by Crippen LogP contribution is 2.49. The lowest BCUT2D eigenvalue weighted by Crippen LogP contribution is -2.31. The number of nitro benzene ring substituents is 1. The Morgan fingerprint density at radius 3 is 2.58 bits per heavy atom. The number of rotatable bonds is 3. The first-order chi connectivity index (χ1) is 14.9. The molecule has 2 aliphatic heterocycles. The number of carbonyl (C=O) groups excluding carboxylic acids is 1. The van der Waals surface area contributed by atoms with E-state index in [0.29, 0.717) is 27.9 Å². The van der Waals surface area contributed by atoms with Crippen molar-refractivity contribution in [1.29, 1.82) is 0 Å². The zero-order chi connectivity index (χ0) is 21.8. The Balaban J connectivity index is 1.61. The van der Waals surface area contributed by atoms with Crippen LogP contribution in [-0.2, 0) is 9.36 Å². The predicted molar refractivity (Wildman–Crippen MR) is 121 cm³/mol. The summed E-state index contributed by atoms with van der Waals surface area (Å²) in [5, 5.41) is 14.6. The van der Waals surface area contributed by atoms with Crippen LogP contribution in [0, 0.1) is 10.1 Å². The maximum atomic E-state index is 13.3. The fourth-order valence-corrected chi connectivity index (χ4v) is 6.92. The van der Waals surface area contributed by atoms with Crippen molar-refractivity contribution in [2.24, 2.45) is 0 Å². The summed E-state index contributed by atoms with van der Waals surface area (Å²) in [6.45, 7) is 0. The van der Waals surface area contributed by atoms with Crippen molar-refractivity contribution in [1.82, 2.24) is 0 Å². The number of carbonyl (C=O) groups is 1. The normalized spacial score (nSPS) is 21.9. The van der Waals surface area contributed by atoms with Gasteiger partial charge in [0, 0.05) is 11.8 Å². The first-order valence-electron chi connectivity index (χ1n) is 9.39. The van der Waals surface area contributed by atoms with E-state index in [4.69, 9.17) is 0 Å². The van der Waals surface area contributed by atoms with Gasteiger partial charge in [0.1, 0.15) is 5.37 Å². The molecule has 2 unspecified atom stereocenters. The average molecular weight is 453 g/mol. The number of anilines is 3. The number of nitrogens with one attached hydrogen (secondary N) is 1. The Kier molecular flexibility index (Phi) is 4.62. The summed E-state index contributed by atoms with van der Waals surface area (Å²) in [6, 6.07) is 18.0. The van der Waals surface area contributed by atoms with E-state index in [1.807, 2.05) is 0 Å². The number of hydrogen-bond acceptors (Lipinski definition) is 6. The lowest BCUT2D eigenvalue weighted by Gasteiger charge is -2.29. The minimum atomic E-state index is -3.89. The second-order valence-corrected chi connectivity index (χ2v) is 10.3. The van der Waals surface area contributed by atoms with Gasteiger partial charge in [0.2, 0.25) is 5.91 Å². The van der Waals surface area contributed by atoms with Crippen molar-refractivity contribution >= 4 is 58.4 Å². The van der Waals surface area contributed by atoms with Crippen molar-refractivity contribution in [3.63, 3.8) is 0 Å². The summed E-state index contributed by atoms with van der Waals surface area (Å²) in [5.74, 6) is -0.0592.